The smallest absolute Gasteiger partial charge is 0.293 e. The van der Waals surface area contributed by atoms with Crippen molar-refractivity contribution in [2.45, 2.75) is 0 Å². The monoisotopic (exact) mass is 348 g/mol. The number of halogens is 2. The molecule has 2 aromatic rings. The maximum atomic E-state index is 11.6. The summed E-state index contributed by atoms with van der Waals surface area (Å²) in [7, 11) is 0. The highest BCUT2D eigenvalue weighted by molar-refractivity contribution is 14.1. The Balaban J connectivity index is 2.18. The third kappa shape index (κ3) is 2.50. The molecule has 1 aromatic heterocycles. The molecule has 0 aliphatic rings. The van der Waals surface area contributed by atoms with Crippen LogP contribution in [0.15, 0.2) is 24.5 Å². The molecule has 0 unspecified atom stereocenters. The second-order valence-electron chi connectivity index (χ2n) is 2.91. The van der Waals surface area contributed by atoms with Crippen LogP contribution in [-0.2, 0) is 0 Å². The summed E-state index contributed by atoms with van der Waals surface area (Å²) in [5, 5.41) is 9.18. The topological polar surface area (TPSA) is 70.7 Å². The summed E-state index contributed by atoms with van der Waals surface area (Å²) in [6.07, 6.45) is 1.27. The van der Waals surface area contributed by atoms with E-state index in [1.54, 1.807) is 12.1 Å². The molecule has 1 amide bonds. The Kier molecular flexibility index (Phi) is 3.39. The molecule has 16 heavy (non-hydrogen) atoms. The summed E-state index contributed by atoms with van der Waals surface area (Å²) in [5.41, 5.74) is 0.545. The summed E-state index contributed by atoms with van der Waals surface area (Å²) in [5.74, 6) is -0.227. The molecule has 1 aromatic carbocycles. The fourth-order valence-electron chi connectivity index (χ4n) is 1.09. The summed E-state index contributed by atoms with van der Waals surface area (Å²) < 4.78 is 1.00. The van der Waals surface area contributed by atoms with Crippen LogP contribution >= 0.6 is 34.2 Å². The first-order chi connectivity index (χ1) is 7.66. The number of rotatable bonds is 2. The highest BCUT2D eigenvalue weighted by Crippen LogP contribution is 2.23. The fraction of sp³-hybridized carbons (Fsp3) is 0. The highest BCUT2D eigenvalue weighted by Gasteiger charge is 2.10. The van der Waals surface area contributed by atoms with E-state index in [9.17, 15) is 4.79 Å². The number of anilines is 1. The average molecular weight is 349 g/mol. The average Bonchev–Trinajstić information content (AvgIpc) is 2.75. The van der Waals surface area contributed by atoms with Crippen molar-refractivity contribution in [3.05, 3.63) is 38.9 Å². The second-order valence-corrected chi connectivity index (χ2v) is 4.57. The third-order valence-corrected chi connectivity index (χ3v) is 2.79. The van der Waals surface area contributed by atoms with Crippen LogP contribution < -0.4 is 5.32 Å². The molecule has 7 heteroatoms. The number of carbonyl (C=O) groups excluding carboxylic acids is 1. The Morgan fingerprint density at radius 1 is 1.50 bits per heavy atom. The summed E-state index contributed by atoms with van der Waals surface area (Å²) in [4.78, 5) is 15.3. The quantitative estimate of drug-likeness (QED) is 0.818. The Morgan fingerprint density at radius 3 is 2.94 bits per heavy atom. The van der Waals surface area contributed by atoms with Crippen molar-refractivity contribution in [2.75, 3.05) is 5.32 Å². The van der Waals surface area contributed by atoms with Gasteiger partial charge in [-0.15, -0.1) is 0 Å². The summed E-state index contributed by atoms with van der Waals surface area (Å²) in [6.45, 7) is 0. The van der Waals surface area contributed by atoms with Crippen LogP contribution in [0, 0.1) is 3.57 Å². The molecule has 0 bridgehead atoms. The number of amides is 1. The third-order valence-electron chi connectivity index (χ3n) is 1.81. The molecule has 1 heterocycles. The Bertz CT molecular complexity index is 514. The lowest BCUT2D eigenvalue weighted by Crippen LogP contribution is -2.14. The molecule has 0 aliphatic carbocycles. The standard InChI is InChI=1S/C9H6ClIN4O/c10-6-3-5(11)1-2-7(6)14-9(16)8-12-4-13-15-8/h1-4H,(H,14,16)(H,12,13,15). The SMILES string of the molecule is O=C(Nc1ccc(I)cc1Cl)c1ncn[nH]1. The van der Waals surface area contributed by atoms with Gasteiger partial charge in [-0.05, 0) is 40.8 Å². The van der Waals surface area contributed by atoms with Gasteiger partial charge in [-0.1, -0.05) is 11.6 Å². The second kappa shape index (κ2) is 4.79. The summed E-state index contributed by atoms with van der Waals surface area (Å²) >= 11 is 8.11. The number of carbonyl (C=O) groups is 1. The normalized spacial score (nSPS) is 10.1. The molecule has 0 spiro atoms. The summed E-state index contributed by atoms with van der Waals surface area (Å²) in [6, 6.07) is 5.35. The van der Waals surface area contributed by atoms with Crippen molar-refractivity contribution in [3.8, 4) is 0 Å². The van der Waals surface area contributed by atoms with Crippen LogP contribution in [0.4, 0.5) is 5.69 Å². The Morgan fingerprint density at radius 2 is 2.31 bits per heavy atom. The first-order valence-corrected chi connectivity index (χ1v) is 5.74. The lowest BCUT2D eigenvalue weighted by atomic mass is 10.3. The zero-order valence-corrected chi connectivity index (χ0v) is 10.8. The number of hydrogen-bond acceptors (Lipinski definition) is 3. The molecule has 2 N–H and O–H groups in total. The van der Waals surface area contributed by atoms with Crippen molar-refractivity contribution in [3.63, 3.8) is 0 Å². The molecule has 0 saturated carbocycles. The predicted octanol–water partition coefficient (Wildman–Crippen LogP) is 2.31. The molecular weight excluding hydrogens is 342 g/mol. The van der Waals surface area contributed by atoms with E-state index >= 15 is 0 Å². The number of H-pyrrole nitrogens is 1. The number of nitrogens with zero attached hydrogens (tertiary/aromatic N) is 2. The number of aromatic nitrogens is 3. The van der Waals surface area contributed by atoms with Crippen LogP contribution in [-0.4, -0.2) is 21.1 Å². The van der Waals surface area contributed by atoms with Gasteiger partial charge in [0.25, 0.3) is 5.91 Å². The molecular formula is C9H6ClIN4O. The maximum Gasteiger partial charge on any atom is 0.293 e. The number of aromatic amines is 1. The van der Waals surface area contributed by atoms with Gasteiger partial charge in [-0.2, -0.15) is 5.10 Å². The number of nitrogens with one attached hydrogen (secondary N) is 2. The lowest BCUT2D eigenvalue weighted by Gasteiger charge is -2.05. The van der Waals surface area contributed by atoms with Crippen molar-refractivity contribution in [1.82, 2.24) is 15.2 Å². The van der Waals surface area contributed by atoms with Crippen LogP contribution in [0.3, 0.4) is 0 Å². The van der Waals surface area contributed by atoms with Crippen molar-refractivity contribution >= 4 is 45.8 Å². The molecule has 0 aliphatic heterocycles. The van der Waals surface area contributed by atoms with Crippen LogP contribution in [0.5, 0.6) is 0 Å². The largest absolute Gasteiger partial charge is 0.318 e. The fourth-order valence-corrected chi connectivity index (χ4v) is 1.99. The molecule has 82 valence electrons. The van der Waals surface area contributed by atoms with E-state index in [0.717, 1.165) is 3.57 Å². The number of benzene rings is 1. The van der Waals surface area contributed by atoms with Gasteiger partial charge in [-0.3, -0.25) is 9.89 Å². The van der Waals surface area contributed by atoms with Gasteiger partial charge < -0.3 is 5.32 Å². The van der Waals surface area contributed by atoms with E-state index in [-0.39, 0.29) is 11.7 Å². The van der Waals surface area contributed by atoms with E-state index in [0.29, 0.717) is 10.7 Å². The van der Waals surface area contributed by atoms with Gasteiger partial charge in [0.05, 0.1) is 10.7 Å². The Labute approximate surface area is 110 Å². The zero-order chi connectivity index (χ0) is 11.5. The van der Waals surface area contributed by atoms with E-state index in [4.69, 9.17) is 11.6 Å². The van der Waals surface area contributed by atoms with E-state index in [2.05, 4.69) is 43.1 Å². The van der Waals surface area contributed by atoms with Crippen molar-refractivity contribution in [2.24, 2.45) is 0 Å². The van der Waals surface area contributed by atoms with Crippen molar-refractivity contribution in [1.29, 1.82) is 0 Å². The first-order valence-electron chi connectivity index (χ1n) is 4.28. The van der Waals surface area contributed by atoms with E-state index in [1.807, 2.05) is 6.07 Å². The molecule has 0 fully saturated rings. The van der Waals surface area contributed by atoms with E-state index < -0.39 is 0 Å². The minimum atomic E-state index is -0.374. The van der Waals surface area contributed by atoms with Gasteiger partial charge in [0, 0.05) is 3.57 Å². The molecule has 0 radical (unpaired) electrons. The van der Waals surface area contributed by atoms with Crippen LogP contribution in [0.1, 0.15) is 10.6 Å². The number of hydrogen-bond donors (Lipinski definition) is 2. The highest BCUT2D eigenvalue weighted by atomic mass is 127. The van der Waals surface area contributed by atoms with Crippen LogP contribution in [0.25, 0.3) is 0 Å². The van der Waals surface area contributed by atoms with Crippen LogP contribution in [0.2, 0.25) is 5.02 Å². The molecule has 0 saturated heterocycles. The Hall–Kier alpha value is -1.15. The lowest BCUT2D eigenvalue weighted by molar-refractivity contribution is 0.101. The molecule has 0 atom stereocenters. The van der Waals surface area contributed by atoms with Gasteiger partial charge >= 0.3 is 0 Å². The van der Waals surface area contributed by atoms with Crippen molar-refractivity contribution < 1.29 is 4.79 Å². The van der Waals surface area contributed by atoms with Gasteiger partial charge in [0.15, 0.2) is 0 Å². The molecule has 2 rings (SSSR count). The van der Waals surface area contributed by atoms with Gasteiger partial charge in [-0.25, -0.2) is 4.98 Å². The van der Waals surface area contributed by atoms with Gasteiger partial charge in [0.2, 0.25) is 5.82 Å². The minimum absolute atomic E-state index is 0.148. The van der Waals surface area contributed by atoms with Gasteiger partial charge in [0.1, 0.15) is 6.33 Å². The first kappa shape index (κ1) is 11.3. The zero-order valence-electron chi connectivity index (χ0n) is 7.87. The maximum absolute atomic E-state index is 11.6. The molecule has 5 nitrogen and oxygen atoms in total. The minimum Gasteiger partial charge on any atom is -0.318 e. The predicted molar refractivity (Wildman–Crippen MR) is 68.5 cm³/mol. The van der Waals surface area contributed by atoms with E-state index in [1.165, 1.54) is 6.33 Å².